The zero-order valence-corrected chi connectivity index (χ0v) is 13.2. The number of halogens is 2. The second-order valence-electron chi connectivity index (χ2n) is 4.58. The third kappa shape index (κ3) is 3.26. The summed E-state index contributed by atoms with van der Waals surface area (Å²) in [5, 5.41) is 13.7. The fourth-order valence-corrected chi connectivity index (χ4v) is 2.00. The number of hydrogen-bond donors (Lipinski definition) is 0. The van der Waals surface area contributed by atoms with E-state index in [9.17, 15) is 14.9 Å². The van der Waals surface area contributed by atoms with Crippen molar-refractivity contribution in [2.24, 2.45) is 0 Å². The molecule has 2 unspecified atom stereocenters. The second kappa shape index (κ2) is 6.41. The summed E-state index contributed by atoms with van der Waals surface area (Å²) >= 11 is 11.9. The van der Waals surface area contributed by atoms with E-state index in [0.717, 1.165) is 4.68 Å². The normalized spacial score (nSPS) is 13.6. The van der Waals surface area contributed by atoms with E-state index in [1.54, 1.807) is 13.8 Å². The van der Waals surface area contributed by atoms with Crippen LogP contribution in [0.2, 0.25) is 0 Å². The molecule has 1 aromatic heterocycles. The van der Waals surface area contributed by atoms with Gasteiger partial charge in [0.2, 0.25) is 0 Å². The molecule has 1 heterocycles. The van der Waals surface area contributed by atoms with Crippen molar-refractivity contribution < 1.29 is 9.72 Å². The Kier molecular flexibility index (Phi) is 4.77. The molecule has 0 amide bonds. The Morgan fingerprint density at radius 3 is 2.27 bits per heavy atom. The van der Waals surface area contributed by atoms with Crippen molar-refractivity contribution in [3.8, 4) is 0 Å². The van der Waals surface area contributed by atoms with E-state index in [2.05, 4.69) is 10.1 Å². The minimum Gasteiger partial charge on any atom is -0.267 e. The Labute approximate surface area is 136 Å². The number of hydrogen-bond acceptors (Lipinski definition) is 5. The number of benzene rings is 1. The number of carbonyl (C=O) groups excluding carboxylic acids is 1. The van der Waals surface area contributed by atoms with E-state index in [0.29, 0.717) is 5.82 Å². The summed E-state index contributed by atoms with van der Waals surface area (Å²) < 4.78 is 1.08. The van der Waals surface area contributed by atoms with Gasteiger partial charge in [0.1, 0.15) is 0 Å². The van der Waals surface area contributed by atoms with E-state index in [-0.39, 0.29) is 17.1 Å². The van der Waals surface area contributed by atoms with Gasteiger partial charge in [0.25, 0.3) is 11.6 Å². The zero-order valence-electron chi connectivity index (χ0n) is 11.7. The van der Waals surface area contributed by atoms with E-state index >= 15 is 0 Å². The molecule has 0 saturated carbocycles. The quantitative estimate of drug-likeness (QED) is 0.482. The lowest BCUT2D eigenvalue weighted by molar-refractivity contribution is -0.384. The molecule has 0 spiro atoms. The highest BCUT2D eigenvalue weighted by Gasteiger charge is 2.22. The summed E-state index contributed by atoms with van der Waals surface area (Å²) in [5.74, 6) is 0.0837. The van der Waals surface area contributed by atoms with Gasteiger partial charge in [0.05, 0.1) is 15.7 Å². The smallest absolute Gasteiger partial charge is 0.267 e. The highest BCUT2D eigenvalue weighted by molar-refractivity contribution is 6.21. The average molecular weight is 343 g/mol. The van der Waals surface area contributed by atoms with Gasteiger partial charge >= 0.3 is 0 Å². The van der Waals surface area contributed by atoms with Crippen LogP contribution in [0, 0.1) is 10.1 Å². The van der Waals surface area contributed by atoms with Gasteiger partial charge in [-0.25, -0.2) is 4.98 Å². The van der Waals surface area contributed by atoms with Gasteiger partial charge in [-0.15, -0.1) is 28.3 Å². The largest absolute Gasteiger partial charge is 0.279 e. The number of non-ortho nitro benzene ring substituents is 1. The average Bonchev–Trinajstić information content (AvgIpc) is 2.92. The lowest BCUT2D eigenvalue weighted by atomic mass is 10.2. The second-order valence-corrected chi connectivity index (χ2v) is 5.89. The third-order valence-corrected chi connectivity index (χ3v) is 3.27. The molecule has 22 heavy (non-hydrogen) atoms. The number of nitro groups is 1. The predicted octanol–water partition coefficient (Wildman–Crippen LogP) is 3.47. The third-order valence-electron chi connectivity index (χ3n) is 2.88. The van der Waals surface area contributed by atoms with Crippen molar-refractivity contribution in [1.82, 2.24) is 14.8 Å². The van der Waals surface area contributed by atoms with Gasteiger partial charge < -0.3 is 0 Å². The maximum absolute atomic E-state index is 12.5. The Morgan fingerprint density at radius 1 is 1.23 bits per heavy atom. The Bertz CT molecular complexity index is 711. The molecule has 116 valence electrons. The van der Waals surface area contributed by atoms with E-state index in [4.69, 9.17) is 23.2 Å². The van der Waals surface area contributed by atoms with Crippen LogP contribution in [0.4, 0.5) is 5.69 Å². The van der Waals surface area contributed by atoms with Gasteiger partial charge in [0.15, 0.2) is 11.6 Å². The van der Waals surface area contributed by atoms with Crippen LogP contribution in [0.25, 0.3) is 0 Å². The number of nitrogens with zero attached hydrogens (tertiary/aromatic N) is 4. The molecule has 7 nitrogen and oxygen atoms in total. The molecule has 0 aliphatic heterocycles. The molecule has 0 N–H and O–H groups in total. The van der Waals surface area contributed by atoms with Crippen LogP contribution in [0.5, 0.6) is 0 Å². The fraction of sp³-hybridized carbons (Fsp3) is 0.308. The van der Waals surface area contributed by atoms with Gasteiger partial charge in [-0.1, -0.05) is 0 Å². The highest BCUT2D eigenvalue weighted by Crippen LogP contribution is 2.23. The SMILES string of the molecule is CC(Cl)c1nc(C(C)Cl)n(C(=O)c2ccc([N+](=O)[O-])cc2)n1. The van der Waals surface area contributed by atoms with Crippen LogP contribution >= 0.6 is 23.2 Å². The number of carbonyl (C=O) groups is 1. The molecule has 0 saturated heterocycles. The van der Waals surface area contributed by atoms with Crippen molar-refractivity contribution in [1.29, 1.82) is 0 Å². The van der Waals surface area contributed by atoms with Crippen LogP contribution in [0.1, 0.15) is 46.6 Å². The first kappa shape index (κ1) is 16.4. The van der Waals surface area contributed by atoms with Crippen LogP contribution in [-0.2, 0) is 0 Å². The Balaban J connectivity index is 2.42. The fourth-order valence-electron chi connectivity index (χ4n) is 1.76. The molecule has 0 fully saturated rings. The van der Waals surface area contributed by atoms with Crippen molar-refractivity contribution >= 4 is 34.8 Å². The maximum Gasteiger partial charge on any atom is 0.279 e. The first-order valence-electron chi connectivity index (χ1n) is 6.35. The van der Waals surface area contributed by atoms with Crippen molar-refractivity contribution in [2.45, 2.75) is 24.6 Å². The lowest BCUT2D eigenvalue weighted by Gasteiger charge is -2.05. The molecule has 0 radical (unpaired) electrons. The van der Waals surface area contributed by atoms with Crippen molar-refractivity contribution in [3.63, 3.8) is 0 Å². The van der Waals surface area contributed by atoms with Crippen molar-refractivity contribution in [3.05, 3.63) is 51.6 Å². The summed E-state index contributed by atoms with van der Waals surface area (Å²) in [6.07, 6.45) is 0. The summed E-state index contributed by atoms with van der Waals surface area (Å²) in [6, 6.07) is 5.21. The van der Waals surface area contributed by atoms with E-state index < -0.39 is 21.6 Å². The number of nitro benzene ring substituents is 1. The van der Waals surface area contributed by atoms with Gasteiger partial charge in [-0.2, -0.15) is 4.68 Å². The maximum atomic E-state index is 12.5. The number of alkyl halides is 2. The van der Waals surface area contributed by atoms with Crippen molar-refractivity contribution in [2.75, 3.05) is 0 Å². The molecular weight excluding hydrogens is 331 g/mol. The van der Waals surface area contributed by atoms with Gasteiger partial charge in [-0.05, 0) is 26.0 Å². The summed E-state index contributed by atoms with van der Waals surface area (Å²) in [7, 11) is 0. The van der Waals surface area contributed by atoms with E-state index in [1.807, 2.05) is 0 Å². The minimum atomic E-state index is -0.543. The molecule has 2 rings (SSSR count). The summed E-state index contributed by atoms with van der Waals surface area (Å²) in [4.78, 5) is 26.7. The first-order valence-corrected chi connectivity index (χ1v) is 7.22. The molecule has 2 atom stereocenters. The van der Waals surface area contributed by atoms with Crippen LogP contribution < -0.4 is 0 Å². The van der Waals surface area contributed by atoms with Crippen LogP contribution in [0.15, 0.2) is 24.3 Å². The molecular formula is C13H12Cl2N4O3. The highest BCUT2D eigenvalue weighted by atomic mass is 35.5. The topological polar surface area (TPSA) is 90.9 Å². The molecule has 1 aromatic carbocycles. The standard InChI is InChI=1S/C13H12Cl2N4O3/c1-7(14)11-16-12(8(2)15)18(17-11)13(20)9-3-5-10(6-4-9)19(21)22/h3-8H,1-2H3. The molecule has 0 aliphatic rings. The monoisotopic (exact) mass is 342 g/mol. The molecule has 9 heteroatoms. The molecule has 0 bridgehead atoms. The summed E-state index contributed by atoms with van der Waals surface area (Å²) in [6.45, 7) is 3.34. The Hall–Kier alpha value is -1.99. The van der Waals surface area contributed by atoms with Crippen LogP contribution in [0.3, 0.4) is 0 Å². The first-order chi connectivity index (χ1) is 10.3. The number of aromatic nitrogens is 3. The number of rotatable bonds is 4. The predicted molar refractivity (Wildman–Crippen MR) is 81.4 cm³/mol. The van der Waals surface area contributed by atoms with Gasteiger partial charge in [0, 0.05) is 17.7 Å². The zero-order chi connectivity index (χ0) is 16.4. The van der Waals surface area contributed by atoms with Crippen LogP contribution in [-0.4, -0.2) is 25.6 Å². The molecule has 0 aliphatic carbocycles. The molecule has 2 aromatic rings. The minimum absolute atomic E-state index is 0.101. The van der Waals surface area contributed by atoms with E-state index in [1.165, 1.54) is 24.3 Å². The summed E-state index contributed by atoms with van der Waals surface area (Å²) in [5.41, 5.74) is 0.138. The lowest BCUT2D eigenvalue weighted by Crippen LogP contribution is -2.17. The van der Waals surface area contributed by atoms with Gasteiger partial charge in [-0.3, -0.25) is 14.9 Å². The Morgan fingerprint density at radius 2 is 1.82 bits per heavy atom.